The lowest BCUT2D eigenvalue weighted by molar-refractivity contribution is -0.136. The lowest BCUT2D eigenvalue weighted by Gasteiger charge is -2.08. The normalized spacial score (nSPS) is 13.2. The van der Waals surface area contributed by atoms with Gasteiger partial charge in [-0.05, 0) is 23.7 Å². The molecule has 0 amide bonds. The molecule has 4 nitrogen and oxygen atoms in total. The van der Waals surface area contributed by atoms with Crippen LogP contribution in [0, 0.1) is 0 Å². The van der Waals surface area contributed by atoms with Gasteiger partial charge < -0.3 is 4.98 Å². The summed E-state index contributed by atoms with van der Waals surface area (Å²) in [5.74, 6) is 0. The van der Waals surface area contributed by atoms with Gasteiger partial charge in [0.25, 0.3) is 9.05 Å². The molecule has 0 bridgehead atoms. The lowest BCUT2D eigenvalue weighted by atomic mass is 10.2. The Kier molecular flexibility index (Phi) is 2.99. The van der Waals surface area contributed by atoms with Crippen LogP contribution < -0.4 is 0 Å². The minimum atomic E-state index is -4.77. The second-order valence-electron chi connectivity index (χ2n) is 3.33. The summed E-state index contributed by atoms with van der Waals surface area (Å²) in [6, 6.07) is 1.35. The van der Waals surface area contributed by atoms with Crippen molar-refractivity contribution in [3.63, 3.8) is 0 Å². The molecule has 0 fully saturated rings. The molecule has 98 valence electrons. The molecule has 0 aliphatic carbocycles. The van der Waals surface area contributed by atoms with E-state index < -0.39 is 31.2 Å². The molecule has 2 aromatic rings. The Labute approximate surface area is 108 Å². The third kappa shape index (κ3) is 2.40. The van der Waals surface area contributed by atoms with Crippen molar-refractivity contribution in [1.29, 1.82) is 0 Å². The minimum Gasteiger partial charge on any atom is -0.329 e. The minimum absolute atomic E-state index is 0.158. The average Bonchev–Trinajstić information content (AvgIpc) is 2.52. The number of halogens is 5. The van der Waals surface area contributed by atoms with Gasteiger partial charge in [0.2, 0.25) is 5.28 Å². The van der Waals surface area contributed by atoms with Crippen molar-refractivity contribution in [2.75, 3.05) is 0 Å². The Balaban J connectivity index is 2.89. The summed E-state index contributed by atoms with van der Waals surface area (Å²) >= 11 is 5.46. The van der Waals surface area contributed by atoms with Gasteiger partial charge in [-0.3, -0.25) is 0 Å². The maximum atomic E-state index is 12.8. The predicted octanol–water partition coefficient (Wildman–Crippen LogP) is 3.16. The van der Waals surface area contributed by atoms with E-state index in [2.05, 4.69) is 9.97 Å². The Morgan fingerprint density at radius 3 is 2.39 bits per heavy atom. The van der Waals surface area contributed by atoms with Gasteiger partial charge >= 0.3 is 6.18 Å². The highest BCUT2D eigenvalue weighted by Crippen LogP contribution is 2.36. The Bertz CT molecular complexity index is 724. The molecule has 1 N–H and O–H groups in total. The largest absolute Gasteiger partial charge is 0.418 e. The molecule has 0 aliphatic rings. The first-order valence-electron chi connectivity index (χ1n) is 4.30. The van der Waals surface area contributed by atoms with Crippen LogP contribution in [0.4, 0.5) is 13.2 Å². The SMILES string of the molecule is O=S(=O)(Cl)c1cc(C(F)(F)F)c2nc(Cl)[nH]c2c1. The molecule has 18 heavy (non-hydrogen) atoms. The quantitative estimate of drug-likeness (QED) is 0.821. The van der Waals surface area contributed by atoms with E-state index in [4.69, 9.17) is 22.3 Å². The number of fused-ring (bicyclic) bond motifs is 1. The number of alkyl halides is 3. The van der Waals surface area contributed by atoms with E-state index in [0.29, 0.717) is 6.07 Å². The number of aromatic nitrogens is 2. The molecule has 2 rings (SSSR count). The molecule has 0 unspecified atom stereocenters. The summed E-state index contributed by atoms with van der Waals surface area (Å²) in [4.78, 5) is 5.09. The van der Waals surface area contributed by atoms with Gasteiger partial charge in [-0.15, -0.1) is 0 Å². The Hall–Kier alpha value is -0.990. The molecule has 1 aromatic heterocycles. The van der Waals surface area contributed by atoms with E-state index in [-0.39, 0.29) is 10.8 Å². The fourth-order valence-corrected chi connectivity index (χ4v) is 2.39. The van der Waals surface area contributed by atoms with Crippen LogP contribution in [0.25, 0.3) is 11.0 Å². The van der Waals surface area contributed by atoms with Crippen molar-refractivity contribution in [2.24, 2.45) is 0 Å². The molecule has 0 saturated heterocycles. The number of nitrogens with zero attached hydrogens (tertiary/aromatic N) is 1. The van der Waals surface area contributed by atoms with Gasteiger partial charge in [-0.2, -0.15) is 13.2 Å². The zero-order valence-electron chi connectivity index (χ0n) is 8.22. The molecular formula is C8H3Cl2F3N2O2S. The third-order valence-corrected chi connectivity index (χ3v) is 3.63. The number of aromatic amines is 1. The van der Waals surface area contributed by atoms with Crippen molar-refractivity contribution < 1.29 is 21.6 Å². The molecule has 1 aromatic carbocycles. The first-order chi connectivity index (χ1) is 8.09. The maximum Gasteiger partial charge on any atom is 0.418 e. The van der Waals surface area contributed by atoms with E-state index >= 15 is 0 Å². The number of benzene rings is 1. The van der Waals surface area contributed by atoms with Gasteiger partial charge in [-0.25, -0.2) is 13.4 Å². The van der Waals surface area contributed by atoms with Crippen molar-refractivity contribution in [3.8, 4) is 0 Å². The molecular weight excluding hydrogens is 316 g/mol. The second kappa shape index (κ2) is 4.01. The molecule has 1 heterocycles. The first-order valence-corrected chi connectivity index (χ1v) is 6.99. The standard InChI is InChI=1S/C8H3Cl2F3N2O2S/c9-7-14-5-2-3(18(10,16)17)1-4(6(5)15-7)8(11,12)13/h1-2H,(H,14,15). The Morgan fingerprint density at radius 2 is 1.89 bits per heavy atom. The number of nitrogens with one attached hydrogen (secondary N) is 1. The molecule has 10 heteroatoms. The van der Waals surface area contributed by atoms with Crippen LogP contribution in [0.1, 0.15) is 5.56 Å². The highest BCUT2D eigenvalue weighted by molar-refractivity contribution is 8.13. The zero-order chi connectivity index (χ0) is 13.7. The molecule has 0 atom stereocenters. The van der Waals surface area contributed by atoms with Crippen LogP contribution in [0.2, 0.25) is 5.28 Å². The molecule has 0 saturated carbocycles. The zero-order valence-corrected chi connectivity index (χ0v) is 10.5. The van der Waals surface area contributed by atoms with Crippen LogP contribution in [-0.4, -0.2) is 18.4 Å². The van der Waals surface area contributed by atoms with Gasteiger partial charge in [0.1, 0.15) is 5.52 Å². The summed E-state index contributed by atoms with van der Waals surface area (Å²) in [6.07, 6.45) is -4.77. The summed E-state index contributed by atoms with van der Waals surface area (Å²) in [6.45, 7) is 0. The van der Waals surface area contributed by atoms with Gasteiger partial charge in [0, 0.05) is 10.7 Å². The monoisotopic (exact) mass is 318 g/mol. The van der Waals surface area contributed by atoms with Crippen molar-refractivity contribution in [3.05, 3.63) is 23.0 Å². The van der Waals surface area contributed by atoms with Crippen LogP contribution in [0.15, 0.2) is 17.0 Å². The van der Waals surface area contributed by atoms with Crippen molar-refractivity contribution in [1.82, 2.24) is 9.97 Å². The highest BCUT2D eigenvalue weighted by atomic mass is 35.7. The van der Waals surface area contributed by atoms with E-state index in [1.54, 1.807) is 0 Å². The third-order valence-electron chi connectivity index (χ3n) is 2.12. The average molecular weight is 319 g/mol. The second-order valence-corrected chi connectivity index (χ2v) is 6.25. The topological polar surface area (TPSA) is 62.8 Å². The number of H-pyrrole nitrogens is 1. The summed E-state index contributed by atoms with van der Waals surface area (Å²) in [7, 11) is 0.739. The van der Waals surface area contributed by atoms with Crippen molar-refractivity contribution >= 4 is 42.4 Å². The number of rotatable bonds is 1. The smallest absolute Gasteiger partial charge is 0.329 e. The summed E-state index contributed by atoms with van der Waals surface area (Å²) < 4.78 is 60.5. The Morgan fingerprint density at radius 1 is 1.28 bits per heavy atom. The molecule has 0 spiro atoms. The fourth-order valence-electron chi connectivity index (χ4n) is 1.42. The lowest BCUT2D eigenvalue weighted by Crippen LogP contribution is -2.07. The van der Waals surface area contributed by atoms with E-state index in [1.165, 1.54) is 0 Å². The van der Waals surface area contributed by atoms with Crippen LogP contribution in [0.3, 0.4) is 0 Å². The fraction of sp³-hybridized carbons (Fsp3) is 0.125. The van der Waals surface area contributed by atoms with Crippen LogP contribution in [-0.2, 0) is 15.2 Å². The van der Waals surface area contributed by atoms with E-state index in [1.807, 2.05) is 0 Å². The number of imidazole rings is 1. The van der Waals surface area contributed by atoms with E-state index in [9.17, 15) is 21.6 Å². The summed E-state index contributed by atoms with van der Waals surface area (Å²) in [5, 5.41) is -0.278. The van der Waals surface area contributed by atoms with Gasteiger partial charge in [-0.1, -0.05) is 0 Å². The molecule has 0 radical (unpaired) electrons. The van der Waals surface area contributed by atoms with E-state index in [0.717, 1.165) is 6.07 Å². The van der Waals surface area contributed by atoms with Gasteiger partial charge in [0.05, 0.1) is 16.0 Å². The van der Waals surface area contributed by atoms with Crippen LogP contribution in [0.5, 0.6) is 0 Å². The molecule has 0 aliphatic heterocycles. The first kappa shape index (κ1) is 13.4. The highest BCUT2D eigenvalue weighted by Gasteiger charge is 2.35. The van der Waals surface area contributed by atoms with Gasteiger partial charge in [0.15, 0.2) is 0 Å². The maximum absolute atomic E-state index is 12.8. The van der Waals surface area contributed by atoms with Crippen molar-refractivity contribution in [2.45, 2.75) is 11.1 Å². The summed E-state index contributed by atoms with van der Waals surface area (Å²) in [5.41, 5.74) is -1.84. The number of hydrogen-bond acceptors (Lipinski definition) is 3. The number of hydrogen-bond donors (Lipinski definition) is 1. The van der Waals surface area contributed by atoms with Crippen LogP contribution >= 0.6 is 22.3 Å². The predicted molar refractivity (Wildman–Crippen MR) is 59.1 cm³/mol.